The Bertz CT molecular complexity index is 481. The molecule has 0 spiro atoms. The summed E-state index contributed by atoms with van der Waals surface area (Å²) in [7, 11) is 0. The van der Waals surface area contributed by atoms with E-state index in [1.165, 1.54) is 0 Å². The second-order valence-corrected chi connectivity index (χ2v) is 6.49. The highest BCUT2D eigenvalue weighted by atomic mass is 16.5. The quantitative estimate of drug-likeness (QED) is 0.877. The molecule has 0 saturated carbocycles. The van der Waals surface area contributed by atoms with Crippen LogP contribution >= 0.6 is 0 Å². The molecule has 2 N–H and O–H groups in total. The summed E-state index contributed by atoms with van der Waals surface area (Å²) in [5.41, 5.74) is -0.465. The molecule has 1 aliphatic rings. The van der Waals surface area contributed by atoms with E-state index in [0.29, 0.717) is 26.2 Å². The first-order valence-corrected chi connectivity index (χ1v) is 7.68. The highest BCUT2D eigenvalue weighted by molar-refractivity contribution is 5.67. The summed E-state index contributed by atoms with van der Waals surface area (Å²) in [6.07, 6.45) is 1.04. The number of aliphatic hydroxyl groups is 1. The van der Waals surface area contributed by atoms with Gasteiger partial charge in [0.1, 0.15) is 6.61 Å². The van der Waals surface area contributed by atoms with Crippen LogP contribution in [0.15, 0.2) is 30.3 Å². The third kappa shape index (κ3) is 4.21. The van der Waals surface area contributed by atoms with Gasteiger partial charge in [0.25, 0.3) is 0 Å². The van der Waals surface area contributed by atoms with E-state index in [9.17, 15) is 9.90 Å². The van der Waals surface area contributed by atoms with E-state index < -0.39 is 17.1 Å². The molecule has 1 unspecified atom stereocenters. The second kappa shape index (κ2) is 7.11. The molecule has 1 atom stereocenters. The van der Waals surface area contributed by atoms with E-state index >= 15 is 0 Å². The van der Waals surface area contributed by atoms with E-state index in [4.69, 9.17) is 9.47 Å². The molecule has 0 aliphatic carbocycles. The van der Waals surface area contributed by atoms with Crippen molar-refractivity contribution < 1.29 is 19.4 Å². The topological polar surface area (TPSA) is 67.8 Å². The molecule has 1 fully saturated rings. The standard InChI is InChI=1S/C17H25NO4/c1-16(2,17(20)9-6-10-21-13-17)12-18-15(19)22-11-14-7-4-3-5-8-14/h3-5,7-8,20H,6,9-13H2,1-2H3,(H,18,19). The van der Waals surface area contributed by atoms with Gasteiger partial charge in [0.05, 0.1) is 12.2 Å². The minimum Gasteiger partial charge on any atom is -0.445 e. The van der Waals surface area contributed by atoms with E-state index in [1.807, 2.05) is 44.2 Å². The van der Waals surface area contributed by atoms with Crippen molar-refractivity contribution in [2.24, 2.45) is 5.41 Å². The van der Waals surface area contributed by atoms with Gasteiger partial charge in [0.15, 0.2) is 0 Å². The van der Waals surface area contributed by atoms with Gasteiger partial charge in [-0.3, -0.25) is 0 Å². The SMILES string of the molecule is CC(C)(CNC(=O)OCc1ccccc1)C1(O)CCCOC1. The molecule has 22 heavy (non-hydrogen) atoms. The third-order valence-electron chi connectivity index (χ3n) is 4.37. The zero-order valence-corrected chi connectivity index (χ0v) is 13.3. The Balaban J connectivity index is 1.79. The second-order valence-electron chi connectivity index (χ2n) is 6.49. The van der Waals surface area contributed by atoms with Crippen molar-refractivity contribution in [2.75, 3.05) is 19.8 Å². The van der Waals surface area contributed by atoms with Crippen molar-refractivity contribution in [1.82, 2.24) is 5.32 Å². The molecule has 1 aromatic rings. The first-order valence-electron chi connectivity index (χ1n) is 7.68. The van der Waals surface area contributed by atoms with Gasteiger partial charge in [0.2, 0.25) is 0 Å². The summed E-state index contributed by atoms with van der Waals surface area (Å²) in [5.74, 6) is 0. The van der Waals surface area contributed by atoms with Crippen LogP contribution in [0.5, 0.6) is 0 Å². The van der Waals surface area contributed by atoms with Crippen LogP contribution in [0.25, 0.3) is 0 Å². The molecule has 2 rings (SSSR count). The number of rotatable bonds is 5. The van der Waals surface area contributed by atoms with Crippen molar-refractivity contribution >= 4 is 6.09 Å². The van der Waals surface area contributed by atoms with Gasteiger partial charge in [-0.1, -0.05) is 44.2 Å². The van der Waals surface area contributed by atoms with Gasteiger partial charge < -0.3 is 19.9 Å². The van der Waals surface area contributed by atoms with E-state index in [2.05, 4.69) is 5.32 Å². The van der Waals surface area contributed by atoms with E-state index in [1.54, 1.807) is 0 Å². The van der Waals surface area contributed by atoms with Crippen LogP contribution in [0.2, 0.25) is 0 Å². The molecule has 1 aromatic carbocycles. The number of hydrogen-bond donors (Lipinski definition) is 2. The first-order chi connectivity index (χ1) is 10.4. The largest absolute Gasteiger partial charge is 0.445 e. The summed E-state index contributed by atoms with van der Waals surface area (Å²) in [5, 5.41) is 13.4. The predicted octanol–water partition coefficient (Wildman–Crippen LogP) is 2.48. The van der Waals surface area contributed by atoms with Crippen molar-refractivity contribution in [1.29, 1.82) is 0 Å². The van der Waals surface area contributed by atoms with Gasteiger partial charge in [-0.05, 0) is 18.4 Å². The number of amides is 1. The van der Waals surface area contributed by atoms with Crippen LogP contribution in [0.4, 0.5) is 4.79 Å². The molecule has 122 valence electrons. The normalized spacial score (nSPS) is 22.1. The van der Waals surface area contributed by atoms with Crippen LogP contribution in [0.3, 0.4) is 0 Å². The molecule has 1 saturated heterocycles. The number of carbonyl (C=O) groups is 1. The minimum absolute atomic E-state index is 0.237. The Labute approximate surface area is 131 Å². The van der Waals surface area contributed by atoms with Crippen LogP contribution in [0.1, 0.15) is 32.3 Å². The molecule has 5 nitrogen and oxygen atoms in total. The Morgan fingerprint density at radius 3 is 2.77 bits per heavy atom. The lowest BCUT2D eigenvalue weighted by atomic mass is 9.72. The summed E-state index contributed by atoms with van der Waals surface area (Å²) in [6, 6.07) is 9.52. The van der Waals surface area contributed by atoms with Crippen LogP contribution in [0, 0.1) is 5.41 Å². The molecule has 0 radical (unpaired) electrons. The van der Waals surface area contributed by atoms with Crippen molar-refractivity contribution in [3.63, 3.8) is 0 Å². The highest BCUT2D eigenvalue weighted by Crippen LogP contribution is 2.36. The number of alkyl carbamates (subject to hydrolysis) is 1. The van der Waals surface area contributed by atoms with Crippen molar-refractivity contribution in [3.05, 3.63) is 35.9 Å². The fraction of sp³-hybridized carbons (Fsp3) is 0.588. The third-order valence-corrected chi connectivity index (χ3v) is 4.37. The first kappa shape index (κ1) is 16.8. The lowest BCUT2D eigenvalue weighted by molar-refractivity contribution is -0.149. The molecule has 1 heterocycles. The maximum absolute atomic E-state index is 11.8. The van der Waals surface area contributed by atoms with E-state index in [-0.39, 0.29) is 6.61 Å². The van der Waals surface area contributed by atoms with Crippen LogP contribution in [-0.2, 0) is 16.1 Å². The molecule has 0 bridgehead atoms. The maximum Gasteiger partial charge on any atom is 0.407 e. The Hall–Kier alpha value is -1.59. The summed E-state index contributed by atoms with van der Waals surface area (Å²) in [6.45, 7) is 5.42. The monoisotopic (exact) mass is 307 g/mol. The Kier molecular flexibility index (Phi) is 5.42. The minimum atomic E-state index is -0.919. The highest BCUT2D eigenvalue weighted by Gasteiger charge is 2.44. The molecule has 1 amide bonds. The number of ether oxygens (including phenoxy) is 2. The number of nitrogens with one attached hydrogen (secondary N) is 1. The van der Waals surface area contributed by atoms with Gasteiger partial charge in [-0.25, -0.2) is 4.79 Å². The number of benzene rings is 1. The zero-order valence-electron chi connectivity index (χ0n) is 13.3. The van der Waals surface area contributed by atoms with Gasteiger partial charge in [-0.2, -0.15) is 0 Å². The zero-order chi connectivity index (χ0) is 16.1. The summed E-state index contributed by atoms with van der Waals surface area (Å²) < 4.78 is 10.6. The van der Waals surface area contributed by atoms with Gasteiger partial charge in [0, 0.05) is 18.6 Å². The molecule has 5 heteroatoms. The molecule has 1 aliphatic heterocycles. The fourth-order valence-electron chi connectivity index (χ4n) is 2.55. The van der Waals surface area contributed by atoms with E-state index in [0.717, 1.165) is 12.0 Å². The lowest BCUT2D eigenvalue weighted by Crippen LogP contribution is -2.55. The molecular weight excluding hydrogens is 282 g/mol. The Morgan fingerprint density at radius 2 is 2.14 bits per heavy atom. The van der Waals surface area contributed by atoms with Crippen LogP contribution in [-0.4, -0.2) is 36.6 Å². The van der Waals surface area contributed by atoms with Crippen molar-refractivity contribution in [2.45, 2.75) is 38.9 Å². The predicted molar refractivity (Wildman–Crippen MR) is 83.4 cm³/mol. The lowest BCUT2D eigenvalue weighted by Gasteiger charge is -2.44. The van der Waals surface area contributed by atoms with Crippen molar-refractivity contribution in [3.8, 4) is 0 Å². The van der Waals surface area contributed by atoms with Gasteiger partial charge in [-0.15, -0.1) is 0 Å². The average Bonchev–Trinajstić information content (AvgIpc) is 2.52. The fourth-order valence-corrected chi connectivity index (χ4v) is 2.55. The average molecular weight is 307 g/mol. The molecule has 0 aromatic heterocycles. The summed E-state index contributed by atoms with van der Waals surface area (Å²) in [4.78, 5) is 11.8. The summed E-state index contributed by atoms with van der Waals surface area (Å²) >= 11 is 0. The smallest absolute Gasteiger partial charge is 0.407 e. The Morgan fingerprint density at radius 1 is 1.41 bits per heavy atom. The van der Waals surface area contributed by atoms with Gasteiger partial charge >= 0.3 is 6.09 Å². The number of hydrogen-bond acceptors (Lipinski definition) is 4. The number of carbonyl (C=O) groups excluding carboxylic acids is 1. The maximum atomic E-state index is 11.8. The molecular formula is C17H25NO4. The van der Waals surface area contributed by atoms with Crippen LogP contribution < -0.4 is 5.32 Å².